The van der Waals surface area contributed by atoms with Crippen LogP contribution in [-0.2, 0) is 0 Å². The first-order valence-electron chi connectivity index (χ1n) is 7.22. The van der Waals surface area contributed by atoms with Gasteiger partial charge < -0.3 is 10.6 Å². The van der Waals surface area contributed by atoms with Gasteiger partial charge in [-0.05, 0) is 52.0 Å². The number of aromatic nitrogens is 2. The van der Waals surface area contributed by atoms with Gasteiger partial charge in [0.1, 0.15) is 17.3 Å². The van der Waals surface area contributed by atoms with Gasteiger partial charge in [0.05, 0.1) is 11.6 Å². The van der Waals surface area contributed by atoms with Gasteiger partial charge in [-0.1, -0.05) is 0 Å². The number of nitrogens with zero attached hydrogens (tertiary/aromatic N) is 3. The molecular formula is C17H19N5O. The molecule has 1 heterocycles. The van der Waals surface area contributed by atoms with Crippen LogP contribution >= 0.6 is 0 Å². The molecule has 2 N–H and O–H groups in total. The van der Waals surface area contributed by atoms with Crippen molar-refractivity contribution in [3.63, 3.8) is 0 Å². The van der Waals surface area contributed by atoms with Crippen LogP contribution in [0.15, 0.2) is 30.3 Å². The fourth-order valence-corrected chi connectivity index (χ4v) is 1.93. The number of carbonyl (C=O) groups is 1. The highest BCUT2D eigenvalue weighted by atomic mass is 16.2. The normalized spacial score (nSPS) is 10.7. The molecule has 2 rings (SSSR count). The molecule has 0 aliphatic rings. The Morgan fingerprint density at radius 2 is 1.83 bits per heavy atom. The lowest BCUT2D eigenvalue weighted by Gasteiger charge is -2.20. The largest absolute Gasteiger partial charge is 0.346 e. The van der Waals surface area contributed by atoms with E-state index in [2.05, 4.69) is 26.7 Å². The number of anilines is 2. The molecule has 118 valence electrons. The smallest absolute Gasteiger partial charge is 0.270 e. The Balaban J connectivity index is 2.23. The fraction of sp³-hybridized carbons (Fsp3) is 0.294. The molecule has 1 aromatic carbocycles. The predicted octanol–water partition coefficient (Wildman–Crippen LogP) is 2.93. The Labute approximate surface area is 135 Å². The number of nitriles is 1. The summed E-state index contributed by atoms with van der Waals surface area (Å²) in [6, 6.07) is 10.7. The molecule has 0 spiro atoms. The Bertz CT molecular complexity index is 754. The van der Waals surface area contributed by atoms with E-state index < -0.39 is 0 Å². The van der Waals surface area contributed by atoms with Gasteiger partial charge >= 0.3 is 0 Å². The summed E-state index contributed by atoms with van der Waals surface area (Å²) in [6.07, 6.45) is 0. The molecule has 0 aliphatic heterocycles. The van der Waals surface area contributed by atoms with Crippen molar-refractivity contribution in [2.75, 3.05) is 5.32 Å². The zero-order valence-corrected chi connectivity index (χ0v) is 13.6. The molecule has 0 atom stereocenters. The van der Waals surface area contributed by atoms with Crippen LogP contribution in [-0.4, -0.2) is 21.4 Å². The maximum Gasteiger partial charge on any atom is 0.270 e. The van der Waals surface area contributed by atoms with Crippen molar-refractivity contribution >= 4 is 17.4 Å². The number of hydrogen-bond acceptors (Lipinski definition) is 5. The van der Waals surface area contributed by atoms with Crippen LogP contribution in [0, 0.1) is 18.3 Å². The highest BCUT2D eigenvalue weighted by molar-refractivity contribution is 5.93. The van der Waals surface area contributed by atoms with Crippen molar-refractivity contribution in [1.29, 1.82) is 5.26 Å². The summed E-state index contributed by atoms with van der Waals surface area (Å²) in [6.45, 7) is 7.47. The van der Waals surface area contributed by atoms with Crippen LogP contribution in [0.5, 0.6) is 0 Å². The Kier molecular flexibility index (Phi) is 4.60. The Morgan fingerprint density at radius 3 is 2.39 bits per heavy atom. The minimum atomic E-state index is -0.337. The lowest BCUT2D eigenvalue weighted by molar-refractivity contribution is 0.0914. The van der Waals surface area contributed by atoms with Gasteiger partial charge in [0.15, 0.2) is 0 Å². The predicted molar refractivity (Wildman–Crippen MR) is 88.4 cm³/mol. The molecule has 1 amide bonds. The molecule has 0 saturated carbocycles. The van der Waals surface area contributed by atoms with E-state index in [4.69, 9.17) is 5.26 Å². The van der Waals surface area contributed by atoms with Crippen molar-refractivity contribution in [1.82, 2.24) is 15.3 Å². The van der Waals surface area contributed by atoms with Crippen molar-refractivity contribution in [2.24, 2.45) is 0 Å². The quantitative estimate of drug-likeness (QED) is 0.909. The van der Waals surface area contributed by atoms with Crippen LogP contribution in [0.4, 0.5) is 11.5 Å². The van der Waals surface area contributed by atoms with Gasteiger partial charge in [-0.3, -0.25) is 4.79 Å². The van der Waals surface area contributed by atoms with E-state index >= 15 is 0 Å². The summed E-state index contributed by atoms with van der Waals surface area (Å²) in [7, 11) is 0. The maximum atomic E-state index is 12.2. The zero-order valence-electron chi connectivity index (χ0n) is 13.6. The molecule has 0 radical (unpaired) electrons. The topological polar surface area (TPSA) is 90.7 Å². The zero-order chi connectivity index (χ0) is 17.0. The number of rotatable bonds is 3. The summed E-state index contributed by atoms with van der Waals surface area (Å²) in [5.41, 5.74) is 1.34. The van der Waals surface area contributed by atoms with Crippen molar-refractivity contribution in [3.8, 4) is 6.07 Å². The number of benzene rings is 1. The van der Waals surface area contributed by atoms with Crippen LogP contribution in [0.25, 0.3) is 0 Å². The lowest BCUT2D eigenvalue weighted by atomic mass is 10.1. The third-order valence-electron chi connectivity index (χ3n) is 2.85. The van der Waals surface area contributed by atoms with Gasteiger partial charge in [0, 0.05) is 17.3 Å². The van der Waals surface area contributed by atoms with E-state index in [1.165, 1.54) is 0 Å². The molecule has 2 aromatic rings. The standard InChI is InChI=1S/C17H19N5O/c1-11-19-14(16(23)22-17(2,3)4)9-15(20-11)21-13-7-5-12(10-18)6-8-13/h5-9H,1-4H3,(H,22,23)(H,19,20,21). The van der Waals surface area contributed by atoms with E-state index in [0.717, 1.165) is 5.69 Å². The molecule has 6 nitrogen and oxygen atoms in total. The molecular weight excluding hydrogens is 290 g/mol. The van der Waals surface area contributed by atoms with Crippen molar-refractivity contribution < 1.29 is 4.79 Å². The molecule has 0 aliphatic carbocycles. The van der Waals surface area contributed by atoms with Gasteiger partial charge in [-0.25, -0.2) is 9.97 Å². The van der Waals surface area contributed by atoms with Crippen LogP contribution < -0.4 is 10.6 Å². The van der Waals surface area contributed by atoms with E-state index in [1.807, 2.05) is 20.8 Å². The number of hydrogen-bond donors (Lipinski definition) is 2. The number of nitrogens with one attached hydrogen (secondary N) is 2. The molecule has 23 heavy (non-hydrogen) atoms. The van der Waals surface area contributed by atoms with E-state index in [-0.39, 0.29) is 11.4 Å². The molecule has 0 unspecified atom stereocenters. The second-order valence-corrected chi connectivity index (χ2v) is 6.20. The second-order valence-electron chi connectivity index (χ2n) is 6.20. The summed E-state index contributed by atoms with van der Waals surface area (Å²) in [4.78, 5) is 20.7. The summed E-state index contributed by atoms with van der Waals surface area (Å²) in [5, 5.41) is 14.8. The first-order chi connectivity index (χ1) is 10.8. The Morgan fingerprint density at radius 1 is 1.17 bits per heavy atom. The number of aryl methyl sites for hydroxylation is 1. The summed E-state index contributed by atoms with van der Waals surface area (Å²) in [5.74, 6) is 0.787. The third kappa shape index (κ3) is 4.78. The minimum absolute atomic E-state index is 0.245. The maximum absolute atomic E-state index is 12.2. The molecule has 6 heteroatoms. The van der Waals surface area contributed by atoms with E-state index in [9.17, 15) is 4.79 Å². The van der Waals surface area contributed by atoms with E-state index in [1.54, 1.807) is 37.3 Å². The average molecular weight is 309 g/mol. The monoisotopic (exact) mass is 309 g/mol. The number of carbonyl (C=O) groups excluding carboxylic acids is 1. The first kappa shape index (κ1) is 16.4. The third-order valence-corrected chi connectivity index (χ3v) is 2.85. The average Bonchev–Trinajstić information content (AvgIpc) is 2.45. The summed E-state index contributed by atoms with van der Waals surface area (Å²) >= 11 is 0. The van der Waals surface area contributed by atoms with Crippen LogP contribution in [0.2, 0.25) is 0 Å². The second kappa shape index (κ2) is 6.44. The lowest BCUT2D eigenvalue weighted by Crippen LogP contribution is -2.41. The minimum Gasteiger partial charge on any atom is -0.346 e. The van der Waals surface area contributed by atoms with Crippen molar-refractivity contribution in [3.05, 3.63) is 47.4 Å². The van der Waals surface area contributed by atoms with Gasteiger partial charge in [0.2, 0.25) is 0 Å². The SMILES string of the molecule is Cc1nc(Nc2ccc(C#N)cc2)cc(C(=O)NC(C)(C)C)n1. The first-order valence-corrected chi connectivity index (χ1v) is 7.22. The molecule has 0 fully saturated rings. The van der Waals surface area contributed by atoms with Gasteiger partial charge in [-0.15, -0.1) is 0 Å². The van der Waals surface area contributed by atoms with Gasteiger partial charge in [-0.2, -0.15) is 5.26 Å². The molecule has 0 saturated heterocycles. The van der Waals surface area contributed by atoms with Gasteiger partial charge in [0.25, 0.3) is 5.91 Å². The summed E-state index contributed by atoms with van der Waals surface area (Å²) < 4.78 is 0. The van der Waals surface area contributed by atoms with Crippen LogP contribution in [0.1, 0.15) is 42.6 Å². The highest BCUT2D eigenvalue weighted by Crippen LogP contribution is 2.16. The van der Waals surface area contributed by atoms with Crippen molar-refractivity contribution in [2.45, 2.75) is 33.2 Å². The molecule has 1 aromatic heterocycles. The van der Waals surface area contributed by atoms with E-state index in [0.29, 0.717) is 22.9 Å². The highest BCUT2D eigenvalue weighted by Gasteiger charge is 2.17. The fourth-order valence-electron chi connectivity index (χ4n) is 1.93. The number of amides is 1. The van der Waals surface area contributed by atoms with Crippen LogP contribution in [0.3, 0.4) is 0 Å². The Hall–Kier alpha value is -2.94. The molecule has 0 bridgehead atoms.